The molecular formula is C24H17BO. The number of para-hydroxylation sites is 1. The molecule has 26 heavy (non-hydrogen) atoms. The lowest BCUT2D eigenvalue weighted by Crippen LogP contribution is -2.55. The third kappa shape index (κ3) is 2.45. The van der Waals surface area contributed by atoms with Crippen molar-refractivity contribution >= 4 is 28.7 Å². The molecule has 0 fully saturated rings. The van der Waals surface area contributed by atoms with E-state index in [0.29, 0.717) is 0 Å². The maximum absolute atomic E-state index is 6.14. The van der Waals surface area contributed by atoms with Crippen molar-refractivity contribution in [1.82, 2.24) is 0 Å². The highest BCUT2D eigenvalue weighted by Crippen LogP contribution is 2.26. The number of fused-ring (bicyclic) bond motifs is 2. The van der Waals surface area contributed by atoms with Crippen LogP contribution in [0, 0.1) is 12.1 Å². The lowest BCUT2D eigenvalue weighted by Gasteiger charge is -2.27. The summed E-state index contributed by atoms with van der Waals surface area (Å²) in [6.07, 6.45) is 8.82. The quantitative estimate of drug-likeness (QED) is 0.509. The molecule has 1 aliphatic heterocycles. The summed E-state index contributed by atoms with van der Waals surface area (Å²) < 4.78 is 6.14. The number of hydrogen-bond donors (Lipinski definition) is 0. The fourth-order valence-electron chi connectivity index (χ4n) is 3.97. The summed E-state index contributed by atoms with van der Waals surface area (Å²) in [6, 6.07) is 27.4. The van der Waals surface area contributed by atoms with E-state index < -0.39 is 0 Å². The largest absolute Gasteiger partial charge is 0.458 e. The smallest absolute Gasteiger partial charge is 0.262 e. The van der Waals surface area contributed by atoms with E-state index in [2.05, 4.69) is 66.8 Å². The van der Waals surface area contributed by atoms with Crippen LogP contribution in [0.25, 0.3) is 5.57 Å². The third-order valence-corrected chi connectivity index (χ3v) is 5.16. The molecule has 3 aromatic carbocycles. The van der Waals surface area contributed by atoms with Gasteiger partial charge in [-0.05, 0) is 47.6 Å². The molecule has 0 bridgehead atoms. The van der Waals surface area contributed by atoms with E-state index in [1.165, 1.54) is 22.1 Å². The molecule has 2 heteroatoms. The molecule has 0 unspecified atom stereocenters. The normalized spacial score (nSPS) is 14.6. The Labute approximate surface area is 154 Å². The van der Waals surface area contributed by atoms with Gasteiger partial charge in [-0.3, -0.25) is 0 Å². The van der Waals surface area contributed by atoms with E-state index in [1.807, 2.05) is 24.3 Å². The van der Waals surface area contributed by atoms with Gasteiger partial charge in [-0.2, -0.15) is 0 Å². The van der Waals surface area contributed by atoms with Crippen molar-refractivity contribution < 1.29 is 4.74 Å². The van der Waals surface area contributed by atoms with Crippen LogP contribution in [0.4, 0.5) is 0 Å². The maximum atomic E-state index is 6.14. The van der Waals surface area contributed by atoms with Gasteiger partial charge in [-0.1, -0.05) is 78.3 Å². The maximum Gasteiger partial charge on any atom is 0.262 e. The van der Waals surface area contributed by atoms with Crippen molar-refractivity contribution in [2.45, 2.75) is 12.8 Å². The summed E-state index contributed by atoms with van der Waals surface area (Å²) in [4.78, 5) is 0. The van der Waals surface area contributed by atoms with Crippen LogP contribution in [-0.2, 0) is 0 Å². The zero-order valence-corrected chi connectivity index (χ0v) is 14.4. The van der Waals surface area contributed by atoms with Gasteiger partial charge in [0, 0.05) is 5.46 Å². The fourth-order valence-corrected chi connectivity index (χ4v) is 3.97. The van der Waals surface area contributed by atoms with Crippen molar-refractivity contribution in [3.63, 3.8) is 0 Å². The summed E-state index contributed by atoms with van der Waals surface area (Å²) in [5, 5.41) is 0. The molecule has 0 amide bonds. The molecule has 1 heterocycles. The molecule has 0 saturated heterocycles. The van der Waals surface area contributed by atoms with Gasteiger partial charge in [-0.25, -0.2) is 0 Å². The molecule has 0 aromatic heterocycles. The lowest BCUT2D eigenvalue weighted by molar-refractivity contribution is 0.487. The zero-order chi connectivity index (χ0) is 17.3. The van der Waals surface area contributed by atoms with Crippen LogP contribution in [-0.4, -0.2) is 6.71 Å². The Balaban J connectivity index is 1.75. The summed E-state index contributed by atoms with van der Waals surface area (Å²) in [5.41, 5.74) is 6.28. The standard InChI is InChI=1S/C24H17BO/c1-2-10-18(11-3-1)19-12-4-5-13-20(19)25-21-14-6-8-16-23(21)26-24-17-9-7-15-22(24)25/h1-2,4-6,8-10,12-14,16-17H,3,11H2. The summed E-state index contributed by atoms with van der Waals surface area (Å²) in [5.74, 6) is 1.80. The van der Waals surface area contributed by atoms with Gasteiger partial charge in [0.05, 0.1) is 0 Å². The van der Waals surface area contributed by atoms with E-state index in [4.69, 9.17) is 4.74 Å². The van der Waals surface area contributed by atoms with Gasteiger partial charge in [0.2, 0.25) is 0 Å². The Morgan fingerprint density at radius 3 is 2.62 bits per heavy atom. The molecule has 1 nitrogen and oxygen atoms in total. The highest BCUT2D eigenvalue weighted by atomic mass is 16.5. The van der Waals surface area contributed by atoms with Gasteiger partial charge < -0.3 is 4.74 Å². The van der Waals surface area contributed by atoms with E-state index >= 15 is 0 Å². The summed E-state index contributed by atoms with van der Waals surface area (Å²) >= 11 is 0. The summed E-state index contributed by atoms with van der Waals surface area (Å²) in [6.45, 7) is 0.107. The average molecular weight is 332 g/mol. The highest BCUT2D eigenvalue weighted by molar-refractivity contribution is 6.97. The van der Waals surface area contributed by atoms with Crippen LogP contribution in [0.1, 0.15) is 18.4 Å². The second-order valence-corrected chi connectivity index (χ2v) is 6.70. The van der Waals surface area contributed by atoms with Crippen LogP contribution in [0.2, 0.25) is 0 Å². The minimum Gasteiger partial charge on any atom is -0.458 e. The fraction of sp³-hybridized carbons (Fsp3) is 0.0833. The Hall–Kier alpha value is -3.18. The molecule has 2 aliphatic rings. The number of allylic oxidation sites excluding steroid dienone is 4. The highest BCUT2D eigenvalue weighted by Gasteiger charge is 2.34. The molecule has 3 aromatic rings. The SMILES string of the molecule is c1ccc2c(c#1)B(c1ccccc1C1=CC=CCC1)c1ccccc1O2. The van der Waals surface area contributed by atoms with Crippen molar-refractivity contribution in [2.75, 3.05) is 0 Å². The average Bonchev–Trinajstić information content (AvgIpc) is 2.72. The number of hydrogen-bond acceptors (Lipinski definition) is 1. The van der Waals surface area contributed by atoms with Crippen molar-refractivity contribution in [2.24, 2.45) is 0 Å². The minimum absolute atomic E-state index is 0.107. The van der Waals surface area contributed by atoms with Crippen LogP contribution >= 0.6 is 0 Å². The van der Waals surface area contributed by atoms with Crippen molar-refractivity contribution in [3.8, 4) is 11.5 Å². The first-order valence-electron chi connectivity index (χ1n) is 9.06. The molecule has 5 rings (SSSR count). The van der Waals surface area contributed by atoms with E-state index in [-0.39, 0.29) is 6.71 Å². The number of rotatable bonds is 2. The predicted octanol–water partition coefficient (Wildman–Crippen LogP) is 3.64. The van der Waals surface area contributed by atoms with Crippen LogP contribution < -0.4 is 21.1 Å². The molecule has 0 saturated carbocycles. The predicted molar refractivity (Wildman–Crippen MR) is 108 cm³/mol. The lowest BCUT2D eigenvalue weighted by atomic mass is 9.35. The van der Waals surface area contributed by atoms with Gasteiger partial charge in [0.1, 0.15) is 11.5 Å². The molecule has 0 spiro atoms. The topological polar surface area (TPSA) is 9.23 Å². The Morgan fingerprint density at radius 1 is 0.885 bits per heavy atom. The Kier molecular flexibility index (Phi) is 3.65. The van der Waals surface area contributed by atoms with Crippen LogP contribution in [0.5, 0.6) is 11.5 Å². The van der Waals surface area contributed by atoms with Gasteiger partial charge in [0.25, 0.3) is 6.71 Å². The van der Waals surface area contributed by atoms with Gasteiger partial charge in [-0.15, -0.1) is 0 Å². The Morgan fingerprint density at radius 2 is 1.73 bits per heavy atom. The first kappa shape index (κ1) is 15.1. The van der Waals surface area contributed by atoms with E-state index in [1.54, 1.807) is 0 Å². The second kappa shape index (κ2) is 6.28. The van der Waals surface area contributed by atoms with Crippen molar-refractivity contribution in [1.29, 1.82) is 0 Å². The summed E-state index contributed by atoms with van der Waals surface area (Å²) in [7, 11) is 0. The first-order valence-corrected chi connectivity index (χ1v) is 9.06. The first-order chi connectivity index (χ1) is 12.9. The number of ether oxygens (including phenoxy) is 1. The second-order valence-electron chi connectivity index (χ2n) is 6.70. The monoisotopic (exact) mass is 332 g/mol. The van der Waals surface area contributed by atoms with Gasteiger partial charge >= 0.3 is 0 Å². The van der Waals surface area contributed by atoms with Crippen LogP contribution in [0.15, 0.2) is 78.9 Å². The minimum atomic E-state index is 0.107. The zero-order valence-electron chi connectivity index (χ0n) is 14.4. The van der Waals surface area contributed by atoms with Gasteiger partial charge in [0.15, 0.2) is 0 Å². The molecule has 0 atom stereocenters. The molecule has 122 valence electrons. The third-order valence-electron chi connectivity index (χ3n) is 5.16. The molecule has 1 aliphatic carbocycles. The Bertz CT molecular complexity index is 986. The van der Waals surface area contributed by atoms with E-state index in [9.17, 15) is 0 Å². The van der Waals surface area contributed by atoms with E-state index in [0.717, 1.165) is 29.8 Å². The van der Waals surface area contributed by atoms with Crippen LogP contribution in [0.3, 0.4) is 0 Å². The molecule has 0 N–H and O–H groups in total. The molecule has 0 radical (unpaired) electrons. The number of benzene rings is 2. The van der Waals surface area contributed by atoms with Crippen molar-refractivity contribution in [3.05, 3.63) is 96.6 Å². The molecular weight excluding hydrogens is 315 g/mol.